The second-order valence-corrected chi connectivity index (χ2v) is 5.40. The van der Waals surface area contributed by atoms with Crippen LogP contribution in [0.1, 0.15) is 36.0 Å². The standard InChI is InChI=1S/C16H22N2O3.ClH/c1-21-13-6-4-12(5-7-13)15(19)8-9-16(20)18-14(10-17)11-2-3-11;/h4-7,11,14H,2-3,8-10,17H2,1H3,(H,18,20);1H. The van der Waals surface area contributed by atoms with Gasteiger partial charge in [0.1, 0.15) is 5.75 Å². The van der Waals surface area contributed by atoms with Gasteiger partial charge in [-0.25, -0.2) is 0 Å². The first-order valence-corrected chi connectivity index (χ1v) is 7.30. The lowest BCUT2D eigenvalue weighted by atomic mass is 10.1. The molecule has 0 aliphatic heterocycles. The number of Topliss-reactive ketones (excluding diaryl/α,β-unsaturated/α-hetero) is 1. The molecule has 0 heterocycles. The summed E-state index contributed by atoms with van der Waals surface area (Å²) in [4.78, 5) is 23.8. The van der Waals surface area contributed by atoms with Crippen LogP contribution in [0.15, 0.2) is 24.3 Å². The number of ketones is 1. The molecule has 3 N–H and O–H groups in total. The van der Waals surface area contributed by atoms with Crippen LogP contribution in [-0.4, -0.2) is 31.4 Å². The highest BCUT2D eigenvalue weighted by atomic mass is 35.5. The number of carbonyl (C=O) groups is 2. The number of ether oxygens (including phenoxy) is 1. The van der Waals surface area contributed by atoms with Gasteiger partial charge in [0.15, 0.2) is 5.78 Å². The molecule has 1 aliphatic carbocycles. The number of benzene rings is 1. The van der Waals surface area contributed by atoms with Crippen molar-refractivity contribution < 1.29 is 14.3 Å². The Labute approximate surface area is 137 Å². The van der Waals surface area contributed by atoms with Gasteiger partial charge >= 0.3 is 0 Å². The molecule has 5 nitrogen and oxygen atoms in total. The predicted molar refractivity (Wildman–Crippen MR) is 87.5 cm³/mol. The number of carbonyl (C=O) groups excluding carboxylic acids is 2. The fraction of sp³-hybridized carbons (Fsp3) is 0.500. The third-order valence-electron chi connectivity index (χ3n) is 3.78. The van der Waals surface area contributed by atoms with E-state index < -0.39 is 0 Å². The first kappa shape index (κ1) is 18.5. The third-order valence-corrected chi connectivity index (χ3v) is 3.78. The van der Waals surface area contributed by atoms with Crippen molar-refractivity contribution in [3.05, 3.63) is 29.8 Å². The summed E-state index contributed by atoms with van der Waals surface area (Å²) in [6, 6.07) is 6.97. The van der Waals surface area contributed by atoms with Crippen LogP contribution in [0.3, 0.4) is 0 Å². The maximum Gasteiger partial charge on any atom is 0.220 e. The minimum atomic E-state index is -0.0980. The number of hydrogen-bond acceptors (Lipinski definition) is 4. The van der Waals surface area contributed by atoms with Crippen LogP contribution < -0.4 is 15.8 Å². The Morgan fingerprint density at radius 2 is 1.91 bits per heavy atom. The van der Waals surface area contributed by atoms with Crippen molar-refractivity contribution in [3.63, 3.8) is 0 Å². The monoisotopic (exact) mass is 326 g/mol. The summed E-state index contributed by atoms with van der Waals surface area (Å²) in [5.41, 5.74) is 6.24. The van der Waals surface area contributed by atoms with Gasteiger partial charge in [0.25, 0.3) is 0 Å². The molecule has 1 aromatic carbocycles. The molecule has 1 unspecified atom stereocenters. The van der Waals surface area contributed by atoms with Crippen molar-refractivity contribution in [2.24, 2.45) is 11.7 Å². The van der Waals surface area contributed by atoms with Gasteiger partial charge in [-0.3, -0.25) is 9.59 Å². The lowest BCUT2D eigenvalue weighted by Crippen LogP contribution is -2.41. The molecule has 0 spiro atoms. The molecule has 1 fully saturated rings. The zero-order valence-electron chi connectivity index (χ0n) is 12.7. The van der Waals surface area contributed by atoms with Crippen molar-refractivity contribution in [2.45, 2.75) is 31.7 Å². The first-order valence-electron chi connectivity index (χ1n) is 7.30. The smallest absolute Gasteiger partial charge is 0.220 e. The summed E-state index contributed by atoms with van der Waals surface area (Å²) in [6.07, 6.45) is 2.67. The molecule has 0 bridgehead atoms. The first-order chi connectivity index (χ1) is 10.1. The fourth-order valence-electron chi connectivity index (χ4n) is 2.30. The molecule has 0 saturated heterocycles. The van der Waals surface area contributed by atoms with Crippen molar-refractivity contribution in [1.82, 2.24) is 5.32 Å². The number of halogens is 1. The van der Waals surface area contributed by atoms with E-state index in [2.05, 4.69) is 5.32 Å². The fourth-order valence-corrected chi connectivity index (χ4v) is 2.30. The average molecular weight is 327 g/mol. The number of nitrogens with two attached hydrogens (primary N) is 1. The molecule has 6 heteroatoms. The molecular weight excluding hydrogens is 304 g/mol. The highest BCUT2D eigenvalue weighted by Crippen LogP contribution is 2.32. The lowest BCUT2D eigenvalue weighted by Gasteiger charge is -2.15. The molecular formula is C16H23ClN2O3. The number of methoxy groups -OCH3 is 1. The highest BCUT2D eigenvalue weighted by molar-refractivity contribution is 5.98. The second-order valence-electron chi connectivity index (χ2n) is 5.40. The quantitative estimate of drug-likeness (QED) is 0.715. The van der Waals surface area contributed by atoms with E-state index in [-0.39, 0.29) is 43.0 Å². The lowest BCUT2D eigenvalue weighted by molar-refractivity contribution is -0.121. The molecule has 22 heavy (non-hydrogen) atoms. The molecule has 0 radical (unpaired) electrons. The van der Waals surface area contributed by atoms with Gasteiger partial charge in [0.2, 0.25) is 5.91 Å². The number of nitrogens with one attached hydrogen (secondary N) is 1. The van der Waals surface area contributed by atoms with Crippen molar-refractivity contribution in [2.75, 3.05) is 13.7 Å². The van der Waals surface area contributed by atoms with Crippen molar-refractivity contribution >= 4 is 24.1 Å². The molecule has 0 aromatic heterocycles. The maximum atomic E-state index is 12.0. The minimum absolute atomic E-state index is 0. The highest BCUT2D eigenvalue weighted by Gasteiger charge is 2.31. The minimum Gasteiger partial charge on any atom is -0.497 e. The van der Waals surface area contributed by atoms with E-state index >= 15 is 0 Å². The summed E-state index contributed by atoms with van der Waals surface area (Å²) in [5, 5.41) is 2.92. The van der Waals surface area contributed by atoms with Crippen molar-refractivity contribution in [3.8, 4) is 5.75 Å². The zero-order chi connectivity index (χ0) is 15.2. The van der Waals surface area contributed by atoms with Gasteiger partial charge in [-0.2, -0.15) is 0 Å². The third kappa shape index (κ3) is 5.31. The van der Waals surface area contributed by atoms with Gasteiger partial charge in [0.05, 0.1) is 7.11 Å². The molecule has 1 aromatic rings. The summed E-state index contributed by atoms with van der Waals surface area (Å²) < 4.78 is 5.04. The van der Waals surface area contributed by atoms with Crippen LogP contribution in [0, 0.1) is 5.92 Å². The Hall–Kier alpha value is -1.59. The van der Waals surface area contributed by atoms with E-state index in [0.717, 1.165) is 12.8 Å². The van der Waals surface area contributed by atoms with E-state index in [0.29, 0.717) is 23.8 Å². The Bertz CT molecular complexity index is 501. The van der Waals surface area contributed by atoms with Crippen LogP contribution in [-0.2, 0) is 4.79 Å². The van der Waals surface area contributed by atoms with E-state index in [1.165, 1.54) is 0 Å². The maximum absolute atomic E-state index is 12.0. The number of rotatable bonds is 8. The summed E-state index contributed by atoms with van der Waals surface area (Å²) >= 11 is 0. The Balaban J connectivity index is 0.00000242. The van der Waals surface area contributed by atoms with E-state index in [1.807, 2.05) is 0 Å². The topological polar surface area (TPSA) is 81.4 Å². The van der Waals surface area contributed by atoms with E-state index in [9.17, 15) is 9.59 Å². The van der Waals surface area contributed by atoms with Gasteiger partial charge < -0.3 is 15.8 Å². The zero-order valence-corrected chi connectivity index (χ0v) is 13.5. The predicted octanol–water partition coefficient (Wildman–Crippen LogP) is 1.93. The molecule has 122 valence electrons. The van der Waals surface area contributed by atoms with E-state index in [4.69, 9.17) is 10.5 Å². The molecule has 2 rings (SSSR count). The van der Waals surface area contributed by atoms with Crippen LogP contribution in [0.25, 0.3) is 0 Å². The Morgan fingerprint density at radius 1 is 1.27 bits per heavy atom. The second kappa shape index (κ2) is 8.76. The molecule has 1 amide bonds. The average Bonchev–Trinajstić information content (AvgIpc) is 3.35. The summed E-state index contributed by atoms with van der Waals surface area (Å²) in [7, 11) is 1.58. The Morgan fingerprint density at radius 3 is 2.41 bits per heavy atom. The molecule has 1 atom stereocenters. The van der Waals surface area contributed by atoms with Gasteiger partial charge in [-0.1, -0.05) is 0 Å². The summed E-state index contributed by atoms with van der Waals surface area (Å²) in [5.74, 6) is 1.10. The SMILES string of the molecule is COc1ccc(C(=O)CCC(=O)NC(CN)C2CC2)cc1.Cl. The Kier molecular flexibility index (Phi) is 7.35. The molecule has 1 aliphatic rings. The molecule has 1 saturated carbocycles. The van der Waals surface area contributed by atoms with Gasteiger partial charge in [-0.05, 0) is 43.0 Å². The number of hydrogen-bond donors (Lipinski definition) is 2. The number of amides is 1. The normalized spacial score (nSPS) is 14.6. The van der Waals surface area contributed by atoms with Crippen LogP contribution >= 0.6 is 12.4 Å². The van der Waals surface area contributed by atoms with E-state index in [1.54, 1.807) is 31.4 Å². The van der Waals surface area contributed by atoms with Crippen LogP contribution in [0.2, 0.25) is 0 Å². The summed E-state index contributed by atoms with van der Waals surface area (Å²) in [6.45, 7) is 0.461. The van der Waals surface area contributed by atoms with Gasteiger partial charge in [0, 0.05) is 31.0 Å². The van der Waals surface area contributed by atoms with Crippen LogP contribution in [0.5, 0.6) is 5.75 Å². The largest absolute Gasteiger partial charge is 0.497 e. The van der Waals surface area contributed by atoms with Gasteiger partial charge in [-0.15, -0.1) is 12.4 Å². The van der Waals surface area contributed by atoms with Crippen molar-refractivity contribution in [1.29, 1.82) is 0 Å². The van der Waals surface area contributed by atoms with Crippen LogP contribution in [0.4, 0.5) is 0 Å².